The highest BCUT2D eigenvalue weighted by Crippen LogP contribution is 2.24. The molecule has 0 atom stereocenters. The number of methoxy groups -OCH3 is 1. The van der Waals surface area contributed by atoms with Crippen LogP contribution in [0.25, 0.3) is 0 Å². The van der Waals surface area contributed by atoms with Crippen molar-refractivity contribution in [2.45, 2.75) is 5.03 Å². The molecule has 166 valence electrons. The van der Waals surface area contributed by atoms with Crippen LogP contribution >= 0.6 is 11.8 Å². The lowest BCUT2D eigenvalue weighted by Crippen LogP contribution is -2.46. The molecular formula is C23H24FN5O2S. The van der Waals surface area contributed by atoms with Gasteiger partial charge in [-0.2, -0.15) is 0 Å². The number of halogens is 1. The van der Waals surface area contributed by atoms with Crippen LogP contribution in [0.15, 0.2) is 65.7 Å². The molecule has 1 saturated heterocycles. The smallest absolute Gasteiger partial charge is 0.234 e. The van der Waals surface area contributed by atoms with Gasteiger partial charge in [0.25, 0.3) is 0 Å². The highest BCUT2D eigenvalue weighted by Gasteiger charge is 2.19. The fourth-order valence-corrected chi connectivity index (χ4v) is 4.09. The maximum Gasteiger partial charge on any atom is 0.234 e. The maximum atomic E-state index is 13.1. The molecule has 0 aliphatic carbocycles. The highest BCUT2D eigenvalue weighted by molar-refractivity contribution is 7.99. The van der Waals surface area contributed by atoms with Crippen LogP contribution in [0.5, 0.6) is 5.75 Å². The number of aromatic nitrogens is 2. The molecular weight excluding hydrogens is 429 g/mol. The van der Waals surface area contributed by atoms with Crippen LogP contribution in [0.1, 0.15) is 0 Å². The zero-order chi connectivity index (χ0) is 22.3. The van der Waals surface area contributed by atoms with E-state index in [1.54, 1.807) is 31.4 Å². The van der Waals surface area contributed by atoms with E-state index in [4.69, 9.17) is 4.74 Å². The van der Waals surface area contributed by atoms with Gasteiger partial charge in [-0.3, -0.25) is 4.79 Å². The standard InChI is InChI=1S/C23H24FN5O2S/c1-31-20-5-3-2-4-19(20)25-22(30)16-32-23-11-10-21(26-27-23)29-14-12-28(13-15-29)18-8-6-17(24)7-9-18/h2-11H,12-16H2,1H3,(H,25,30). The van der Waals surface area contributed by atoms with Gasteiger partial charge in [0.2, 0.25) is 5.91 Å². The Hall–Kier alpha value is -3.33. The summed E-state index contributed by atoms with van der Waals surface area (Å²) in [6.45, 7) is 3.26. The minimum Gasteiger partial charge on any atom is -0.495 e. The summed E-state index contributed by atoms with van der Waals surface area (Å²) in [5.74, 6) is 1.30. The number of anilines is 3. The number of thioether (sulfide) groups is 1. The predicted octanol–water partition coefficient (Wildman–Crippen LogP) is 3.68. The number of nitrogens with one attached hydrogen (secondary N) is 1. The summed E-state index contributed by atoms with van der Waals surface area (Å²) < 4.78 is 18.4. The van der Waals surface area contributed by atoms with Crippen molar-refractivity contribution in [1.29, 1.82) is 0 Å². The molecule has 4 rings (SSSR count). The number of carbonyl (C=O) groups is 1. The Morgan fingerprint density at radius 2 is 1.72 bits per heavy atom. The molecule has 7 nitrogen and oxygen atoms in total. The second-order valence-electron chi connectivity index (χ2n) is 7.22. The van der Waals surface area contributed by atoms with E-state index in [9.17, 15) is 9.18 Å². The van der Waals surface area contributed by atoms with Crippen molar-refractivity contribution in [1.82, 2.24) is 10.2 Å². The van der Waals surface area contributed by atoms with Crippen LogP contribution in [0.4, 0.5) is 21.6 Å². The summed E-state index contributed by atoms with van der Waals surface area (Å²) in [5, 5.41) is 12.1. The number of piperazine rings is 1. The fourth-order valence-electron chi connectivity index (χ4n) is 3.48. The largest absolute Gasteiger partial charge is 0.495 e. The molecule has 3 aromatic rings. The number of para-hydroxylation sites is 2. The molecule has 1 aliphatic heterocycles. The number of nitrogens with zero attached hydrogens (tertiary/aromatic N) is 4. The van der Waals surface area contributed by atoms with E-state index in [-0.39, 0.29) is 17.5 Å². The number of hydrogen-bond acceptors (Lipinski definition) is 7. The first-order valence-corrected chi connectivity index (χ1v) is 11.3. The van der Waals surface area contributed by atoms with E-state index >= 15 is 0 Å². The number of amides is 1. The zero-order valence-corrected chi connectivity index (χ0v) is 18.5. The Bertz CT molecular complexity index is 1040. The van der Waals surface area contributed by atoms with Crippen molar-refractivity contribution in [2.75, 3.05) is 54.2 Å². The Kier molecular flexibility index (Phi) is 7.06. The van der Waals surface area contributed by atoms with Gasteiger partial charge < -0.3 is 19.9 Å². The summed E-state index contributed by atoms with van der Waals surface area (Å²) in [6, 6.07) is 17.7. The first kappa shape index (κ1) is 21.9. The van der Waals surface area contributed by atoms with E-state index in [1.807, 2.05) is 24.3 Å². The lowest BCUT2D eigenvalue weighted by molar-refractivity contribution is -0.113. The van der Waals surface area contributed by atoms with Gasteiger partial charge in [-0.05, 0) is 48.5 Å². The van der Waals surface area contributed by atoms with Gasteiger partial charge in [0.15, 0.2) is 5.82 Å². The third-order valence-electron chi connectivity index (χ3n) is 5.15. The molecule has 32 heavy (non-hydrogen) atoms. The van der Waals surface area contributed by atoms with Gasteiger partial charge in [0.05, 0.1) is 18.6 Å². The van der Waals surface area contributed by atoms with Crippen molar-refractivity contribution in [2.24, 2.45) is 0 Å². The normalized spacial score (nSPS) is 13.7. The zero-order valence-electron chi connectivity index (χ0n) is 17.7. The molecule has 0 spiro atoms. The number of benzene rings is 2. The molecule has 1 amide bonds. The van der Waals surface area contributed by atoms with E-state index < -0.39 is 0 Å². The van der Waals surface area contributed by atoms with Gasteiger partial charge in [-0.25, -0.2) is 4.39 Å². The maximum absolute atomic E-state index is 13.1. The van der Waals surface area contributed by atoms with Crippen LogP contribution in [-0.2, 0) is 4.79 Å². The molecule has 1 aliphatic rings. The molecule has 0 saturated carbocycles. The van der Waals surface area contributed by atoms with Gasteiger partial charge in [0.1, 0.15) is 16.6 Å². The van der Waals surface area contributed by atoms with Crippen LogP contribution in [0.3, 0.4) is 0 Å². The lowest BCUT2D eigenvalue weighted by atomic mass is 10.2. The average Bonchev–Trinajstić information content (AvgIpc) is 2.84. The Labute approximate surface area is 190 Å². The first-order chi connectivity index (χ1) is 15.6. The molecule has 1 aromatic heterocycles. The summed E-state index contributed by atoms with van der Waals surface area (Å²) in [5.41, 5.74) is 1.66. The minimum atomic E-state index is -0.224. The molecule has 1 fully saturated rings. The number of hydrogen-bond donors (Lipinski definition) is 1. The van der Waals surface area contributed by atoms with Crippen molar-refractivity contribution in [3.8, 4) is 5.75 Å². The third kappa shape index (κ3) is 5.47. The number of carbonyl (C=O) groups excluding carboxylic acids is 1. The first-order valence-electron chi connectivity index (χ1n) is 10.3. The van der Waals surface area contributed by atoms with Crippen LogP contribution in [-0.4, -0.2) is 55.1 Å². The summed E-state index contributed by atoms with van der Waals surface area (Å²) in [7, 11) is 1.57. The van der Waals surface area contributed by atoms with Gasteiger partial charge in [0, 0.05) is 31.9 Å². The fraction of sp³-hybridized carbons (Fsp3) is 0.261. The molecule has 2 aromatic carbocycles. The van der Waals surface area contributed by atoms with Gasteiger partial charge in [-0.1, -0.05) is 23.9 Å². The van der Waals surface area contributed by atoms with Crippen molar-refractivity contribution in [3.63, 3.8) is 0 Å². The minimum absolute atomic E-state index is 0.137. The molecule has 2 heterocycles. The van der Waals surface area contributed by atoms with E-state index in [0.29, 0.717) is 16.5 Å². The van der Waals surface area contributed by atoms with Crippen LogP contribution in [0.2, 0.25) is 0 Å². The van der Waals surface area contributed by atoms with Crippen molar-refractivity contribution < 1.29 is 13.9 Å². The Balaban J connectivity index is 1.26. The second kappa shape index (κ2) is 10.3. The third-order valence-corrected chi connectivity index (χ3v) is 6.07. The predicted molar refractivity (Wildman–Crippen MR) is 125 cm³/mol. The Morgan fingerprint density at radius 3 is 2.41 bits per heavy atom. The molecule has 0 bridgehead atoms. The van der Waals surface area contributed by atoms with Gasteiger partial charge in [-0.15, -0.1) is 10.2 Å². The Morgan fingerprint density at radius 1 is 1.00 bits per heavy atom. The molecule has 0 radical (unpaired) electrons. The summed E-state index contributed by atoms with van der Waals surface area (Å²) >= 11 is 1.33. The highest BCUT2D eigenvalue weighted by atomic mass is 32.2. The SMILES string of the molecule is COc1ccccc1NC(=O)CSc1ccc(N2CCN(c3ccc(F)cc3)CC2)nn1. The molecule has 9 heteroatoms. The van der Waals surface area contributed by atoms with E-state index in [2.05, 4.69) is 25.3 Å². The molecule has 1 N–H and O–H groups in total. The van der Waals surface area contributed by atoms with Crippen LogP contribution < -0.4 is 19.9 Å². The number of ether oxygens (including phenoxy) is 1. The van der Waals surface area contributed by atoms with Crippen LogP contribution in [0, 0.1) is 5.82 Å². The van der Waals surface area contributed by atoms with Crippen molar-refractivity contribution >= 4 is 34.9 Å². The lowest BCUT2D eigenvalue weighted by Gasteiger charge is -2.36. The van der Waals surface area contributed by atoms with E-state index in [0.717, 1.165) is 37.7 Å². The van der Waals surface area contributed by atoms with E-state index in [1.165, 1.54) is 23.9 Å². The topological polar surface area (TPSA) is 70.6 Å². The summed E-state index contributed by atoms with van der Waals surface area (Å²) in [4.78, 5) is 16.7. The van der Waals surface area contributed by atoms with Gasteiger partial charge >= 0.3 is 0 Å². The number of rotatable bonds is 7. The average molecular weight is 454 g/mol. The monoisotopic (exact) mass is 453 g/mol. The molecule has 0 unspecified atom stereocenters. The van der Waals surface area contributed by atoms with Crippen molar-refractivity contribution in [3.05, 3.63) is 66.5 Å². The summed E-state index contributed by atoms with van der Waals surface area (Å²) in [6.07, 6.45) is 0. The quantitative estimate of drug-likeness (QED) is 0.547. The second-order valence-corrected chi connectivity index (χ2v) is 8.21.